The summed E-state index contributed by atoms with van der Waals surface area (Å²) in [5, 5.41) is 4.78. The van der Waals surface area contributed by atoms with Crippen LogP contribution < -0.4 is 10.6 Å². The van der Waals surface area contributed by atoms with Gasteiger partial charge in [0.25, 0.3) is 11.8 Å². The van der Waals surface area contributed by atoms with Gasteiger partial charge in [0.2, 0.25) is 0 Å². The standard InChI is InChI=1S/C23H23F7N2O4S/c1-13-11-14(21(24,22(25,26)27)23(28,29)30)9-10-17(13)31-18(33)15-7-5-6-8-16(15)19(34)32-20(2,3)12-37(4,35)36/h5-11H,12H2,1-4H3,(H,31,33)(H,32,34). The molecule has 0 saturated heterocycles. The molecule has 0 unspecified atom stereocenters. The summed E-state index contributed by atoms with van der Waals surface area (Å²) in [6, 6.07) is 6.58. The van der Waals surface area contributed by atoms with E-state index >= 15 is 0 Å². The predicted octanol–water partition coefficient (Wildman–Crippen LogP) is 5.09. The fourth-order valence-corrected chi connectivity index (χ4v) is 5.02. The van der Waals surface area contributed by atoms with Crippen LogP contribution in [0.2, 0.25) is 0 Å². The average Bonchev–Trinajstić information content (AvgIpc) is 2.70. The molecule has 0 spiro atoms. The monoisotopic (exact) mass is 556 g/mol. The third-order valence-corrected chi connectivity index (χ3v) is 6.39. The molecule has 0 atom stereocenters. The molecule has 0 heterocycles. The quantitative estimate of drug-likeness (QED) is 0.465. The lowest BCUT2D eigenvalue weighted by atomic mass is 9.92. The minimum atomic E-state index is -6.29. The number of hydrogen-bond acceptors (Lipinski definition) is 4. The van der Waals surface area contributed by atoms with Crippen molar-refractivity contribution in [2.45, 2.75) is 44.3 Å². The van der Waals surface area contributed by atoms with E-state index in [0.29, 0.717) is 12.1 Å². The van der Waals surface area contributed by atoms with Gasteiger partial charge in [-0.05, 0) is 44.5 Å². The number of halogens is 7. The van der Waals surface area contributed by atoms with E-state index in [1.807, 2.05) is 0 Å². The molecule has 0 fully saturated rings. The zero-order valence-corrected chi connectivity index (χ0v) is 20.8. The second kappa shape index (κ2) is 9.95. The van der Waals surface area contributed by atoms with E-state index in [1.54, 1.807) is 0 Å². The average molecular weight is 557 g/mol. The number of alkyl halides is 7. The van der Waals surface area contributed by atoms with E-state index in [1.165, 1.54) is 38.1 Å². The molecule has 0 saturated carbocycles. The van der Waals surface area contributed by atoms with E-state index in [0.717, 1.165) is 13.2 Å². The zero-order chi connectivity index (χ0) is 28.6. The smallest absolute Gasteiger partial charge is 0.346 e. The van der Waals surface area contributed by atoms with Crippen LogP contribution in [-0.2, 0) is 15.5 Å². The van der Waals surface area contributed by atoms with Gasteiger partial charge in [-0.1, -0.05) is 24.3 Å². The van der Waals surface area contributed by atoms with Crippen LogP contribution in [0, 0.1) is 6.92 Å². The first kappa shape index (κ1) is 30.1. The number of hydrogen-bond donors (Lipinski definition) is 2. The number of amides is 2. The Morgan fingerprint density at radius 1 is 0.838 bits per heavy atom. The molecule has 6 nitrogen and oxygen atoms in total. The normalized spacial score (nSPS) is 13.3. The minimum Gasteiger partial charge on any atom is -0.346 e. The van der Waals surface area contributed by atoms with Crippen LogP contribution in [0.15, 0.2) is 42.5 Å². The second-order valence-electron chi connectivity index (χ2n) is 9.09. The molecule has 0 radical (unpaired) electrons. The highest BCUT2D eigenvalue weighted by Gasteiger charge is 2.73. The first-order valence-electron chi connectivity index (χ1n) is 10.4. The number of anilines is 1. The van der Waals surface area contributed by atoms with Crippen molar-refractivity contribution in [3.8, 4) is 0 Å². The molecule has 0 aliphatic rings. The molecule has 2 N–H and O–H groups in total. The maximum atomic E-state index is 14.3. The van der Waals surface area contributed by atoms with E-state index in [-0.39, 0.29) is 28.4 Å². The number of aryl methyl sites for hydroxylation is 1. The number of benzene rings is 2. The number of sulfone groups is 1. The van der Waals surface area contributed by atoms with E-state index < -0.39 is 56.5 Å². The molecular weight excluding hydrogens is 533 g/mol. The molecule has 0 bridgehead atoms. The number of nitrogens with one attached hydrogen (secondary N) is 2. The van der Waals surface area contributed by atoms with Crippen molar-refractivity contribution in [1.29, 1.82) is 0 Å². The number of carbonyl (C=O) groups excluding carboxylic acids is 2. The number of carbonyl (C=O) groups is 2. The van der Waals surface area contributed by atoms with Crippen molar-refractivity contribution in [3.05, 3.63) is 64.7 Å². The van der Waals surface area contributed by atoms with Crippen LogP contribution in [0.25, 0.3) is 0 Å². The molecule has 2 aromatic rings. The largest absolute Gasteiger partial charge is 0.435 e. The molecule has 0 aliphatic heterocycles. The topological polar surface area (TPSA) is 92.3 Å². The maximum Gasteiger partial charge on any atom is 0.435 e. The molecule has 0 aromatic heterocycles. The Labute approximate surface area is 208 Å². The van der Waals surface area contributed by atoms with E-state index in [4.69, 9.17) is 0 Å². The van der Waals surface area contributed by atoms with Gasteiger partial charge in [-0.15, -0.1) is 0 Å². The van der Waals surface area contributed by atoms with Crippen LogP contribution in [0.5, 0.6) is 0 Å². The Kier molecular flexibility index (Phi) is 8.09. The fraction of sp³-hybridized carbons (Fsp3) is 0.391. The van der Waals surface area contributed by atoms with Crippen molar-refractivity contribution in [2.75, 3.05) is 17.3 Å². The molecule has 2 amide bonds. The van der Waals surface area contributed by atoms with Gasteiger partial charge in [0, 0.05) is 23.0 Å². The predicted molar refractivity (Wildman–Crippen MR) is 122 cm³/mol. The molecule has 204 valence electrons. The third-order valence-electron chi connectivity index (χ3n) is 5.14. The van der Waals surface area contributed by atoms with Crippen LogP contribution in [0.3, 0.4) is 0 Å². The summed E-state index contributed by atoms with van der Waals surface area (Å²) in [5.41, 5.74) is -9.48. The van der Waals surface area contributed by atoms with Crippen LogP contribution >= 0.6 is 0 Å². The maximum absolute atomic E-state index is 14.3. The van der Waals surface area contributed by atoms with Crippen LogP contribution in [-0.4, -0.2) is 50.1 Å². The van der Waals surface area contributed by atoms with Crippen molar-refractivity contribution in [1.82, 2.24) is 5.32 Å². The lowest BCUT2D eigenvalue weighted by Gasteiger charge is -2.30. The summed E-state index contributed by atoms with van der Waals surface area (Å²) >= 11 is 0. The van der Waals surface area contributed by atoms with Gasteiger partial charge >= 0.3 is 18.0 Å². The summed E-state index contributed by atoms with van der Waals surface area (Å²) < 4.78 is 116. The van der Waals surface area contributed by atoms with Crippen molar-refractivity contribution in [2.24, 2.45) is 0 Å². The van der Waals surface area contributed by atoms with E-state index in [9.17, 15) is 48.7 Å². The highest BCUT2D eigenvalue weighted by atomic mass is 32.2. The van der Waals surface area contributed by atoms with Gasteiger partial charge in [0.05, 0.1) is 16.9 Å². The first-order valence-corrected chi connectivity index (χ1v) is 12.5. The Morgan fingerprint density at radius 2 is 1.32 bits per heavy atom. The summed E-state index contributed by atoms with van der Waals surface area (Å²) in [5.74, 6) is -2.15. The Morgan fingerprint density at radius 3 is 1.76 bits per heavy atom. The minimum absolute atomic E-state index is 0.173. The Bertz CT molecular complexity index is 1290. The van der Waals surface area contributed by atoms with Crippen molar-refractivity contribution in [3.63, 3.8) is 0 Å². The second-order valence-corrected chi connectivity index (χ2v) is 11.2. The summed E-state index contributed by atoms with van der Waals surface area (Å²) in [7, 11) is -3.48. The van der Waals surface area contributed by atoms with Gasteiger partial charge < -0.3 is 10.6 Å². The van der Waals surface area contributed by atoms with Crippen LogP contribution in [0.1, 0.15) is 45.7 Å². The van der Waals surface area contributed by atoms with Gasteiger partial charge in [-0.3, -0.25) is 9.59 Å². The fourth-order valence-electron chi connectivity index (χ4n) is 3.64. The zero-order valence-electron chi connectivity index (χ0n) is 19.9. The Balaban J connectivity index is 2.37. The molecule has 37 heavy (non-hydrogen) atoms. The first-order chi connectivity index (χ1) is 16.6. The lowest BCUT2D eigenvalue weighted by Crippen LogP contribution is -2.50. The molecule has 2 aromatic carbocycles. The van der Waals surface area contributed by atoms with Crippen molar-refractivity contribution >= 4 is 27.3 Å². The Hall–Kier alpha value is -3.16. The molecule has 2 rings (SSSR count). The lowest BCUT2D eigenvalue weighted by molar-refractivity contribution is -0.348. The third kappa shape index (κ3) is 6.79. The number of rotatable bonds is 7. The summed E-state index contributed by atoms with van der Waals surface area (Å²) in [4.78, 5) is 25.7. The highest BCUT2D eigenvalue weighted by Crippen LogP contribution is 2.53. The van der Waals surface area contributed by atoms with Gasteiger partial charge in [0.1, 0.15) is 9.84 Å². The molecule has 0 aliphatic carbocycles. The summed E-state index contributed by atoms with van der Waals surface area (Å²) in [6.07, 6.45) is -11.6. The summed E-state index contributed by atoms with van der Waals surface area (Å²) in [6.45, 7) is 3.97. The van der Waals surface area contributed by atoms with Crippen LogP contribution in [0.4, 0.5) is 36.4 Å². The highest BCUT2D eigenvalue weighted by molar-refractivity contribution is 7.90. The van der Waals surface area contributed by atoms with E-state index in [2.05, 4.69) is 10.6 Å². The van der Waals surface area contributed by atoms with Gasteiger partial charge in [0.15, 0.2) is 0 Å². The van der Waals surface area contributed by atoms with Gasteiger partial charge in [-0.25, -0.2) is 12.8 Å². The molecule has 14 heteroatoms. The van der Waals surface area contributed by atoms with Crippen molar-refractivity contribution < 1.29 is 48.7 Å². The SMILES string of the molecule is Cc1cc(C(F)(C(F)(F)F)C(F)(F)F)ccc1NC(=O)c1ccccc1C(=O)NC(C)(C)CS(C)(=O)=O. The van der Waals surface area contributed by atoms with Gasteiger partial charge in [-0.2, -0.15) is 26.3 Å². The molecular formula is C23H23F7N2O4S.